The van der Waals surface area contributed by atoms with Crippen molar-refractivity contribution in [2.24, 2.45) is 0 Å². The number of hydrogen-bond acceptors (Lipinski definition) is 4. The highest BCUT2D eigenvalue weighted by molar-refractivity contribution is 6.31. The monoisotopic (exact) mass is 366 g/mol. The SMILES string of the molecule is CC(Oc1ccc(C#N)cc1)C(=O)Nc1cc(Cl)ccc1-n1cccn1. The molecule has 3 aromatic rings. The lowest BCUT2D eigenvalue weighted by atomic mass is 10.2. The summed E-state index contributed by atoms with van der Waals surface area (Å²) in [5.41, 5.74) is 1.75. The van der Waals surface area contributed by atoms with E-state index in [1.807, 2.05) is 6.07 Å². The first-order chi connectivity index (χ1) is 12.6. The number of anilines is 1. The minimum absolute atomic E-state index is 0.329. The van der Waals surface area contributed by atoms with Crippen LogP contribution in [0.15, 0.2) is 60.9 Å². The van der Waals surface area contributed by atoms with Gasteiger partial charge in [-0.1, -0.05) is 11.6 Å². The molecular formula is C19H15ClN4O2. The Labute approximate surface area is 155 Å². The van der Waals surface area contributed by atoms with Crippen molar-refractivity contribution >= 4 is 23.2 Å². The fourth-order valence-electron chi connectivity index (χ4n) is 2.32. The van der Waals surface area contributed by atoms with Gasteiger partial charge in [0.2, 0.25) is 0 Å². The van der Waals surface area contributed by atoms with Crippen molar-refractivity contribution in [2.75, 3.05) is 5.32 Å². The van der Waals surface area contributed by atoms with E-state index < -0.39 is 6.10 Å². The van der Waals surface area contributed by atoms with Crippen LogP contribution in [-0.2, 0) is 4.79 Å². The lowest BCUT2D eigenvalue weighted by Gasteiger charge is -2.17. The van der Waals surface area contributed by atoms with Crippen LogP contribution in [0.3, 0.4) is 0 Å². The van der Waals surface area contributed by atoms with Crippen molar-refractivity contribution in [1.29, 1.82) is 5.26 Å². The molecule has 0 aliphatic heterocycles. The first kappa shape index (κ1) is 17.5. The van der Waals surface area contributed by atoms with Crippen molar-refractivity contribution in [3.8, 4) is 17.5 Å². The van der Waals surface area contributed by atoms with E-state index in [1.165, 1.54) is 0 Å². The maximum Gasteiger partial charge on any atom is 0.265 e. The minimum Gasteiger partial charge on any atom is -0.481 e. The summed E-state index contributed by atoms with van der Waals surface area (Å²) in [7, 11) is 0. The maximum atomic E-state index is 12.5. The molecule has 0 spiro atoms. The van der Waals surface area contributed by atoms with Crippen LogP contribution in [0.5, 0.6) is 5.75 Å². The molecule has 0 radical (unpaired) electrons. The molecule has 1 N–H and O–H groups in total. The molecule has 1 unspecified atom stereocenters. The number of carbonyl (C=O) groups excluding carboxylic acids is 1. The largest absolute Gasteiger partial charge is 0.481 e. The summed E-state index contributed by atoms with van der Waals surface area (Å²) in [5.74, 6) is 0.176. The van der Waals surface area contributed by atoms with Crippen molar-refractivity contribution in [3.05, 3.63) is 71.5 Å². The third kappa shape index (κ3) is 4.02. The van der Waals surface area contributed by atoms with Gasteiger partial charge < -0.3 is 10.1 Å². The lowest BCUT2D eigenvalue weighted by molar-refractivity contribution is -0.122. The quantitative estimate of drug-likeness (QED) is 0.744. The maximum absolute atomic E-state index is 12.5. The van der Waals surface area contributed by atoms with E-state index in [2.05, 4.69) is 10.4 Å². The normalized spacial score (nSPS) is 11.4. The number of aromatic nitrogens is 2. The van der Waals surface area contributed by atoms with Crippen LogP contribution >= 0.6 is 11.6 Å². The summed E-state index contributed by atoms with van der Waals surface area (Å²) >= 11 is 6.06. The zero-order valence-electron chi connectivity index (χ0n) is 13.9. The molecule has 26 heavy (non-hydrogen) atoms. The average molecular weight is 367 g/mol. The molecule has 0 bridgehead atoms. The number of rotatable bonds is 5. The van der Waals surface area contributed by atoms with Gasteiger partial charge in [0.25, 0.3) is 5.91 Å². The fraction of sp³-hybridized carbons (Fsp3) is 0.105. The highest BCUT2D eigenvalue weighted by Crippen LogP contribution is 2.24. The zero-order chi connectivity index (χ0) is 18.5. The van der Waals surface area contributed by atoms with E-state index in [0.717, 1.165) is 0 Å². The first-order valence-corrected chi connectivity index (χ1v) is 8.22. The number of amides is 1. The van der Waals surface area contributed by atoms with Crippen molar-refractivity contribution in [2.45, 2.75) is 13.0 Å². The van der Waals surface area contributed by atoms with Crippen LogP contribution in [0.2, 0.25) is 5.02 Å². The smallest absolute Gasteiger partial charge is 0.265 e. The van der Waals surface area contributed by atoms with Gasteiger partial charge in [-0.2, -0.15) is 10.4 Å². The van der Waals surface area contributed by atoms with Gasteiger partial charge in [0.15, 0.2) is 6.10 Å². The number of benzene rings is 2. The number of nitrogens with zero attached hydrogens (tertiary/aromatic N) is 3. The second kappa shape index (κ2) is 7.72. The Morgan fingerprint density at radius 1 is 1.31 bits per heavy atom. The Hall–Kier alpha value is -3.30. The van der Waals surface area contributed by atoms with Crippen molar-refractivity contribution < 1.29 is 9.53 Å². The van der Waals surface area contributed by atoms with E-state index in [4.69, 9.17) is 21.6 Å². The van der Waals surface area contributed by atoms with E-state index >= 15 is 0 Å². The molecule has 0 aliphatic rings. The number of carbonyl (C=O) groups is 1. The highest BCUT2D eigenvalue weighted by Gasteiger charge is 2.17. The van der Waals surface area contributed by atoms with Crippen LogP contribution in [0.1, 0.15) is 12.5 Å². The second-order valence-electron chi connectivity index (χ2n) is 5.50. The molecule has 1 atom stereocenters. The Balaban J connectivity index is 1.75. The molecule has 6 nitrogen and oxygen atoms in total. The van der Waals surface area contributed by atoms with Gasteiger partial charge >= 0.3 is 0 Å². The summed E-state index contributed by atoms with van der Waals surface area (Å²) in [6.07, 6.45) is 2.68. The summed E-state index contributed by atoms with van der Waals surface area (Å²) in [6.45, 7) is 1.64. The van der Waals surface area contributed by atoms with Gasteiger partial charge in [0.05, 0.1) is 23.0 Å². The van der Waals surface area contributed by atoms with Crippen LogP contribution in [0.4, 0.5) is 5.69 Å². The number of halogens is 1. The summed E-state index contributed by atoms with van der Waals surface area (Å²) < 4.78 is 7.27. The van der Waals surface area contributed by atoms with Crippen molar-refractivity contribution in [3.63, 3.8) is 0 Å². The van der Waals surface area contributed by atoms with Gasteiger partial charge in [0.1, 0.15) is 5.75 Å². The molecule has 0 aliphatic carbocycles. The molecule has 0 fully saturated rings. The third-order valence-electron chi connectivity index (χ3n) is 3.63. The Bertz CT molecular complexity index is 947. The molecular weight excluding hydrogens is 352 g/mol. The molecule has 3 rings (SSSR count). The Kier molecular flexibility index (Phi) is 5.20. The number of nitrogens with one attached hydrogen (secondary N) is 1. The van der Waals surface area contributed by atoms with Crippen molar-refractivity contribution in [1.82, 2.24) is 9.78 Å². The number of nitriles is 1. The van der Waals surface area contributed by atoms with E-state index in [-0.39, 0.29) is 5.91 Å². The predicted molar refractivity (Wildman–Crippen MR) is 98.5 cm³/mol. The average Bonchev–Trinajstić information content (AvgIpc) is 3.17. The topological polar surface area (TPSA) is 79.9 Å². The van der Waals surface area contributed by atoms with Gasteiger partial charge in [-0.05, 0) is 55.5 Å². The van der Waals surface area contributed by atoms with Gasteiger partial charge in [-0.25, -0.2) is 4.68 Å². The number of hydrogen-bond donors (Lipinski definition) is 1. The lowest BCUT2D eigenvalue weighted by Crippen LogP contribution is -2.30. The van der Waals surface area contributed by atoms with E-state index in [1.54, 1.807) is 72.5 Å². The standard InChI is InChI=1S/C19H15ClN4O2/c1-13(26-16-6-3-14(12-21)4-7-16)19(25)23-17-11-15(20)5-8-18(17)24-10-2-9-22-24/h2-11,13H,1H3,(H,23,25). The molecule has 1 amide bonds. The van der Waals surface area contributed by atoms with Gasteiger partial charge in [-0.3, -0.25) is 4.79 Å². The summed E-state index contributed by atoms with van der Waals surface area (Å²) in [5, 5.41) is 16.3. The molecule has 0 saturated heterocycles. The second-order valence-corrected chi connectivity index (χ2v) is 5.93. The minimum atomic E-state index is -0.743. The van der Waals surface area contributed by atoms with Gasteiger partial charge in [0, 0.05) is 17.4 Å². The highest BCUT2D eigenvalue weighted by atomic mass is 35.5. The summed E-state index contributed by atoms with van der Waals surface area (Å²) in [6, 6.07) is 15.5. The van der Waals surface area contributed by atoms with Gasteiger partial charge in [-0.15, -0.1) is 0 Å². The Morgan fingerprint density at radius 2 is 2.08 bits per heavy atom. The van der Waals surface area contributed by atoms with Crippen LogP contribution in [0.25, 0.3) is 5.69 Å². The van der Waals surface area contributed by atoms with E-state index in [0.29, 0.717) is 27.7 Å². The fourth-order valence-corrected chi connectivity index (χ4v) is 2.49. The van der Waals surface area contributed by atoms with Crippen LogP contribution in [-0.4, -0.2) is 21.8 Å². The Morgan fingerprint density at radius 3 is 2.73 bits per heavy atom. The van der Waals surface area contributed by atoms with Crippen LogP contribution in [0, 0.1) is 11.3 Å². The molecule has 0 saturated carbocycles. The first-order valence-electron chi connectivity index (χ1n) is 7.84. The van der Waals surface area contributed by atoms with E-state index in [9.17, 15) is 4.79 Å². The molecule has 130 valence electrons. The third-order valence-corrected chi connectivity index (χ3v) is 3.87. The molecule has 1 aromatic heterocycles. The molecule has 1 heterocycles. The summed E-state index contributed by atoms with van der Waals surface area (Å²) in [4.78, 5) is 12.5. The molecule has 7 heteroatoms. The predicted octanol–water partition coefficient (Wildman–Crippen LogP) is 3.80. The molecule has 2 aromatic carbocycles. The zero-order valence-corrected chi connectivity index (χ0v) is 14.6. The van der Waals surface area contributed by atoms with Crippen LogP contribution < -0.4 is 10.1 Å². The number of ether oxygens (including phenoxy) is 1.